The second-order valence-corrected chi connectivity index (χ2v) is 4.64. The molecular weight excluding hydrogens is 230 g/mol. The minimum Gasteiger partial charge on any atom is -0.261 e. The fourth-order valence-electron chi connectivity index (χ4n) is 1.42. The van der Waals surface area contributed by atoms with E-state index in [1.54, 1.807) is 18.0 Å². The van der Waals surface area contributed by atoms with Gasteiger partial charge in [0.2, 0.25) is 0 Å². The van der Waals surface area contributed by atoms with Gasteiger partial charge in [-0.25, -0.2) is 0 Å². The molecule has 0 unspecified atom stereocenters. The van der Waals surface area contributed by atoms with Crippen molar-refractivity contribution < 1.29 is 0 Å². The van der Waals surface area contributed by atoms with Crippen molar-refractivity contribution in [1.82, 2.24) is 0 Å². The number of rotatable bonds is 1. The molecular formula is C10H6ClN3S. The Balaban J connectivity index is 1.94. The van der Waals surface area contributed by atoms with Gasteiger partial charge in [-0.2, -0.15) is 5.10 Å². The van der Waals surface area contributed by atoms with Crippen LogP contribution in [0, 0.1) is 0 Å². The fourth-order valence-corrected chi connectivity index (χ4v) is 2.49. The van der Waals surface area contributed by atoms with E-state index >= 15 is 0 Å². The summed E-state index contributed by atoms with van der Waals surface area (Å²) in [5.41, 5.74) is 1.08. The number of halogens is 1. The second-order valence-electron chi connectivity index (χ2n) is 3.19. The lowest BCUT2D eigenvalue weighted by Crippen LogP contribution is -2.06. The van der Waals surface area contributed by atoms with E-state index in [-0.39, 0.29) is 6.04 Å². The van der Waals surface area contributed by atoms with Crippen molar-refractivity contribution in [2.45, 2.75) is 6.04 Å². The van der Waals surface area contributed by atoms with Gasteiger partial charge in [-0.3, -0.25) is 4.99 Å². The zero-order chi connectivity index (χ0) is 10.3. The van der Waals surface area contributed by atoms with Gasteiger partial charge in [0.05, 0.1) is 6.21 Å². The molecule has 0 amide bonds. The molecule has 0 N–H and O–H groups in total. The molecule has 1 aromatic rings. The number of aliphatic imine (C=N–C) groups is 1. The minimum atomic E-state index is 0.0423. The van der Waals surface area contributed by atoms with Crippen LogP contribution in [0.15, 0.2) is 39.5 Å². The lowest BCUT2D eigenvalue weighted by atomic mass is 10.2. The molecule has 0 saturated heterocycles. The Morgan fingerprint density at radius 3 is 2.73 bits per heavy atom. The van der Waals surface area contributed by atoms with Crippen molar-refractivity contribution in [3.8, 4) is 0 Å². The summed E-state index contributed by atoms with van der Waals surface area (Å²) in [7, 11) is 0. The molecule has 15 heavy (non-hydrogen) atoms. The molecule has 5 heteroatoms. The van der Waals surface area contributed by atoms with Gasteiger partial charge in [-0.1, -0.05) is 23.7 Å². The van der Waals surface area contributed by atoms with E-state index < -0.39 is 0 Å². The molecule has 0 aliphatic carbocycles. The first-order chi connectivity index (χ1) is 7.33. The van der Waals surface area contributed by atoms with E-state index in [4.69, 9.17) is 11.6 Å². The third kappa shape index (κ3) is 1.60. The van der Waals surface area contributed by atoms with Gasteiger partial charge >= 0.3 is 0 Å². The van der Waals surface area contributed by atoms with Gasteiger partial charge in [-0.05, 0) is 23.9 Å². The van der Waals surface area contributed by atoms with Gasteiger partial charge in [0.25, 0.3) is 0 Å². The predicted molar refractivity (Wildman–Crippen MR) is 65.3 cm³/mol. The molecule has 1 atom stereocenters. The number of benzene rings is 1. The topological polar surface area (TPSA) is 37.1 Å². The fraction of sp³-hybridized carbons (Fsp3) is 0.100. The normalized spacial score (nSPS) is 22.6. The van der Waals surface area contributed by atoms with Crippen LogP contribution in [0.5, 0.6) is 0 Å². The standard InChI is InChI=1S/C10H6ClN3S/c11-7-3-1-6(2-4-7)9-13-8-5-12-14-10(8)15-9/h1-5,8H/t8-/m0/s1. The average molecular weight is 236 g/mol. The van der Waals surface area contributed by atoms with Crippen LogP contribution in [0.2, 0.25) is 5.02 Å². The molecule has 0 aromatic heterocycles. The first-order valence-corrected chi connectivity index (χ1v) is 5.65. The van der Waals surface area contributed by atoms with Crippen molar-refractivity contribution in [2.24, 2.45) is 15.2 Å². The Morgan fingerprint density at radius 2 is 2.00 bits per heavy atom. The van der Waals surface area contributed by atoms with E-state index in [2.05, 4.69) is 15.2 Å². The number of thioether (sulfide) groups is 1. The Labute approximate surface area is 96.0 Å². The number of fused-ring (bicyclic) bond motifs is 1. The molecule has 2 aliphatic rings. The summed E-state index contributed by atoms with van der Waals surface area (Å²) in [5, 5.41) is 10.5. The maximum Gasteiger partial charge on any atom is 0.138 e. The largest absolute Gasteiger partial charge is 0.261 e. The third-order valence-electron chi connectivity index (χ3n) is 2.17. The summed E-state index contributed by atoms with van der Waals surface area (Å²) in [6.07, 6.45) is 1.76. The summed E-state index contributed by atoms with van der Waals surface area (Å²) < 4.78 is 0. The summed E-state index contributed by atoms with van der Waals surface area (Å²) in [6, 6.07) is 7.70. The van der Waals surface area contributed by atoms with Crippen molar-refractivity contribution in [1.29, 1.82) is 0 Å². The molecule has 0 spiro atoms. The molecule has 2 aliphatic heterocycles. The Hall–Kier alpha value is -1.13. The minimum absolute atomic E-state index is 0.0423. The van der Waals surface area contributed by atoms with Gasteiger partial charge in [0.15, 0.2) is 0 Å². The SMILES string of the molecule is Clc1ccc(C2=N[C@H]3C=NN=C3S2)cc1. The summed E-state index contributed by atoms with van der Waals surface area (Å²) >= 11 is 7.39. The molecule has 0 bridgehead atoms. The van der Waals surface area contributed by atoms with Crippen LogP contribution in [0.4, 0.5) is 0 Å². The van der Waals surface area contributed by atoms with Crippen LogP contribution in [-0.4, -0.2) is 22.3 Å². The van der Waals surface area contributed by atoms with Crippen molar-refractivity contribution in [2.75, 3.05) is 0 Å². The van der Waals surface area contributed by atoms with Crippen LogP contribution in [-0.2, 0) is 0 Å². The van der Waals surface area contributed by atoms with Crippen LogP contribution < -0.4 is 0 Å². The molecule has 0 radical (unpaired) electrons. The van der Waals surface area contributed by atoms with E-state index in [0.29, 0.717) is 0 Å². The first-order valence-electron chi connectivity index (χ1n) is 4.45. The first kappa shape index (κ1) is 9.12. The Morgan fingerprint density at radius 1 is 1.20 bits per heavy atom. The van der Waals surface area contributed by atoms with E-state index in [0.717, 1.165) is 20.7 Å². The molecule has 1 aromatic carbocycles. The molecule has 0 saturated carbocycles. The van der Waals surface area contributed by atoms with Gasteiger partial charge in [0.1, 0.15) is 16.1 Å². The highest BCUT2D eigenvalue weighted by Crippen LogP contribution is 2.28. The van der Waals surface area contributed by atoms with Gasteiger partial charge in [0, 0.05) is 10.6 Å². The highest BCUT2D eigenvalue weighted by Gasteiger charge is 2.27. The summed E-state index contributed by atoms with van der Waals surface area (Å²) in [6.45, 7) is 0. The number of nitrogens with zero attached hydrogens (tertiary/aromatic N) is 3. The number of hydrogen-bond donors (Lipinski definition) is 0. The summed E-state index contributed by atoms with van der Waals surface area (Å²) in [5.74, 6) is 0. The van der Waals surface area contributed by atoms with E-state index in [1.165, 1.54) is 0 Å². The predicted octanol–water partition coefficient (Wildman–Crippen LogP) is 2.60. The van der Waals surface area contributed by atoms with Crippen LogP contribution in [0.25, 0.3) is 0 Å². The van der Waals surface area contributed by atoms with Crippen molar-refractivity contribution in [3.05, 3.63) is 34.9 Å². The van der Waals surface area contributed by atoms with Crippen LogP contribution in [0.1, 0.15) is 5.56 Å². The van der Waals surface area contributed by atoms with E-state index in [1.807, 2.05) is 24.3 Å². The molecule has 0 fully saturated rings. The maximum atomic E-state index is 5.82. The zero-order valence-corrected chi connectivity index (χ0v) is 9.16. The van der Waals surface area contributed by atoms with Crippen LogP contribution in [0.3, 0.4) is 0 Å². The molecule has 2 heterocycles. The average Bonchev–Trinajstić information content (AvgIpc) is 2.78. The lowest BCUT2D eigenvalue weighted by molar-refractivity contribution is 1.22. The highest BCUT2D eigenvalue weighted by molar-refractivity contribution is 8.27. The van der Waals surface area contributed by atoms with Gasteiger partial charge in [-0.15, -0.1) is 5.10 Å². The monoisotopic (exact) mass is 235 g/mol. The third-order valence-corrected chi connectivity index (χ3v) is 3.48. The summed E-state index contributed by atoms with van der Waals surface area (Å²) in [4.78, 5) is 4.51. The lowest BCUT2D eigenvalue weighted by Gasteiger charge is -1.98. The Bertz CT molecular complexity index is 490. The Kier molecular flexibility index (Phi) is 2.11. The van der Waals surface area contributed by atoms with E-state index in [9.17, 15) is 0 Å². The van der Waals surface area contributed by atoms with Gasteiger partial charge < -0.3 is 0 Å². The maximum absolute atomic E-state index is 5.82. The quantitative estimate of drug-likeness (QED) is 0.737. The smallest absolute Gasteiger partial charge is 0.138 e. The highest BCUT2D eigenvalue weighted by atomic mass is 35.5. The zero-order valence-electron chi connectivity index (χ0n) is 7.59. The molecule has 74 valence electrons. The second kappa shape index (κ2) is 3.47. The van der Waals surface area contributed by atoms with Crippen molar-refractivity contribution in [3.63, 3.8) is 0 Å². The molecule has 3 rings (SSSR count). The van der Waals surface area contributed by atoms with Crippen LogP contribution >= 0.6 is 23.4 Å². The molecule has 3 nitrogen and oxygen atoms in total. The van der Waals surface area contributed by atoms with Crippen molar-refractivity contribution >= 4 is 39.7 Å². The number of hydrogen-bond acceptors (Lipinski definition) is 4.